The highest BCUT2D eigenvalue weighted by atomic mass is 16.6. The lowest BCUT2D eigenvalue weighted by Gasteiger charge is -2.35. The number of fused-ring (bicyclic) bond motifs is 3. The molecule has 1 heterocycles. The van der Waals surface area contributed by atoms with E-state index in [1.54, 1.807) is 39.8 Å². The van der Waals surface area contributed by atoms with Crippen LogP contribution < -0.4 is 0 Å². The summed E-state index contributed by atoms with van der Waals surface area (Å²) in [6.07, 6.45) is 1.84. The van der Waals surface area contributed by atoms with E-state index in [0.29, 0.717) is 11.1 Å². The molecular weight excluding hydrogens is 400 g/mol. The fourth-order valence-electron chi connectivity index (χ4n) is 4.70. The van der Waals surface area contributed by atoms with Crippen molar-refractivity contribution in [2.24, 2.45) is 17.8 Å². The fraction of sp³-hybridized carbons (Fsp3) is 0.583. The first-order valence-corrected chi connectivity index (χ1v) is 10.6. The van der Waals surface area contributed by atoms with Gasteiger partial charge >= 0.3 is 17.9 Å². The molecule has 7 heteroatoms. The standard InChI is InChI=1S/C24H30O7/c1-8-12(4)22(27)31-24(7)19-16(29-21(26)11(2)3)10-14(6)17-15(25)9-13(5)18(17)20(19)30-23(24)28/h8-9,11,16,18-20H,10H2,1-7H3/b12-8-/t16-,18+,19+,20-,24-/m0/s1. The Morgan fingerprint density at radius 1 is 1.26 bits per heavy atom. The van der Waals surface area contributed by atoms with Crippen LogP contribution in [0.15, 0.2) is 34.4 Å². The maximum atomic E-state index is 13.1. The van der Waals surface area contributed by atoms with Crippen molar-refractivity contribution in [2.75, 3.05) is 0 Å². The summed E-state index contributed by atoms with van der Waals surface area (Å²) in [4.78, 5) is 50.9. The summed E-state index contributed by atoms with van der Waals surface area (Å²) < 4.78 is 17.3. The molecule has 0 saturated carbocycles. The van der Waals surface area contributed by atoms with E-state index in [-0.39, 0.29) is 18.1 Å². The minimum atomic E-state index is -1.66. The maximum Gasteiger partial charge on any atom is 0.351 e. The second-order valence-corrected chi connectivity index (χ2v) is 9.12. The van der Waals surface area contributed by atoms with Crippen molar-refractivity contribution in [3.05, 3.63) is 34.4 Å². The Bertz CT molecular complexity index is 936. The molecule has 0 radical (unpaired) electrons. The predicted molar refractivity (Wildman–Crippen MR) is 112 cm³/mol. The van der Waals surface area contributed by atoms with E-state index in [1.807, 2.05) is 13.8 Å². The molecule has 0 aromatic rings. The van der Waals surface area contributed by atoms with Crippen molar-refractivity contribution >= 4 is 23.7 Å². The zero-order valence-electron chi connectivity index (χ0n) is 19.1. The summed E-state index contributed by atoms with van der Waals surface area (Å²) in [5, 5.41) is 0. The molecule has 0 aromatic carbocycles. The zero-order chi connectivity index (χ0) is 23.2. The minimum Gasteiger partial charge on any atom is -0.461 e. The second-order valence-electron chi connectivity index (χ2n) is 9.12. The molecule has 0 bridgehead atoms. The first kappa shape index (κ1) is 23.0. The van der Waals surface area contributed by atoms with Crippen molar-refractivity contribution in [1.29, 1.82) is 0 Å². The van der Waals surface area contributed by atoms with Crippen molar-refractivity contribution < 1.29 is 33.4 Å². The van der Waals surface area contributed by atoms with Crippen LogP contribution in [0, 0.1) is 17.8 Å². The summed E-state index contributed by atoms with van der Waals surface area (Å²) >= 11 is 0. The highest BCUT2D eigenvalue weighted by Crippen LogP contribution is 2.51. The molecule has 0 amide bonds. The van der Waals surface area contributed by atoms with Crippen LogP contribution in [0.4, 0.5) is 0 Å². The Hall–Kier alpha value is -2.70. The Labute approximate surface area is 182 Å². The first-order chi connectivity index (χ1) is 14.4. The molecule has 31 heavy (non-hydrogen) atoms. The van der Waals surface area contributed by atoms with Gasteiger partial charge in [-0.1, -0.05) is 31.1 Å². The van der Waals surface area contributed by atoms with Gasteiger partial charge in [-0.2, -0.15) is 0 Å². The number of carbonyl (C=O) groups is 4. The smallest absolute Gasteiger partial charge is 0.351 e. The van der Waals surface area contributed by atoms with Crippen LogP contribution in [-0.4, -0.2) is 41.5 Å². The average Bonchev–Trinajstić information content (AvgIpc) is 3.07. The number of hydrogen-bond acceptors (Lipinski definition) is 7. The number of carbonyl (C=O) groups excluding carboxylic acids is 4. The lowest BCUT2D eigenvalue weighted by atomic mass is 9.77. The Kier molecular flexibility index (Phi) is 6.00. The van der Waals surface area contributed by atoms with E-state index in [1.165, 1.54) is 6.92 Å². The van der Waals surface area contributed by atoms with Crippen LogP contribution >= 0.6 is 0 Å². The Balaban J connectivity index is 2.11. The molecule has 0 aromatic heterocycles. The Morgan fingerprint density at radius 2 is 1.90 bits per heavy atom. The van der Waals surface area contributed by atoms with E-state index in [2.05, 4.69) is 0 Å². The number of esters is 3. The van der Waals surface area contributed by atoms with Gasteiger partial charge in [-0.25, -0.2) is 9.59 Å². The van der Waals surface area contributed by atoms with Gasteiger partial charge in [-0.05, 0) is 40.7 Å². The van der Waals surface area contributed by atoms with E-state index >= 15 is 0 Å². The van der Waals surface area contributed by atoms with Crippen molar-refractivity contribution in [2.45, 2.75) is 72.7 Å². The second kappa shape index (κ2) is 8.09. The van der Waals surface area contributed by atoms with Gasteiger partial charge in [-0.3, -0.25) is 9.59 Å². The van der Waals surface area contributed by atoms with Gasteiger partial charge in [-0.15, -0.1) is 0 Å². The van der Waals surface area contributed by atoms with Gasteiger partial charge in [0.15, 0.2) is 5.78 Å². The molecule has 1 aliphatic heterocycles. The molecular formula is C24H30O7. The van der Waals surface area contributed by atoms with Crippen LogP contribution in [0.3, 0.4) is 0 Å². The van der Waals surface area contributed by atoms with Crippen molar-refractivity contribution in [1.82, 2.24) is 0 Å². The lowest BCUT2D eigenvalue weighted by Crippen LogP contribution is -2.50. The maximum absolute atomic E-state index is 13.1. The topological polar surface area (TPSA) is 96.0 Å². The van der Waals surface area contributed by atoms with Gasteiger partial charge in [0, 0.05) is 23.5 Å². The fourth-order valence-corrected chi connectivity index (χ4v) is 4.70. The summed E-state index contributed by atoms with van der Waals surface area (Å²) in [7, 11) is 0. The Morgan fingerprint density at radius 3 is 2.48 bits per heavy atom. The third-order valence-electron chi connectivity index (χ3n) is 6.56. The van der Waals surface area contributed by atoms with Crippen molar-refractivity contribution in [3.63, 3.8) is 0 Å². The van der Waals surface area contributed by atoms with E-state index in [0.717, 1.165) is 11.1 Å². The SMILES string of the molecule is C/C=C(/C)C(=O)O[C@]1(C)C(=O)O[C@H]2[C@@H]3C(C)=CC(=O)C3=C(C)C[C@H](OC(=O)C(C)C)[C@H]21. The molecule has 168 valence electrons. The molecule has 1 fully saturated rings. The minimum absolute atomic E-state index is 0.124. The van der Waals surface area contributed by atoms with E-state index in [9.17, 15) is 19.2 Å². The number of hydrogen-bond donors (Lipinski definition) is 0. The average molecular weight is 430 g/mol. The summed E-state index contributed by atoms with van der Waals surface area (Å²) in [6.45, 7) is 11.9. The normalized spacial score (nSPS) is 32.9. The van der Waals surface area contributed by atoms with Gasteiger partial charge in [0.1, 0.15) is 12.2 Å². The molecule has 2 aliphatic carbocycles. The molecule has 0 N–H and O–H groups in total. The molecule has 1 saturated heterocycles. The lowest BCUT2D eigenvalue weighted by molar-refractivity contribution is -0.177. The van der Waals surface area contributed by atoms with Gasteiger partial charge in [0.25, 0.3) is 0 Å². The third kappa shape index (κ3) is 3.75. The van der Waals surface area contributed by atoms with Crippen molar-refractivity contribution in [3.8, 4) is 0 Å². The number of ether oxygens (including phenoxy) is 3. The zero-order valence-corrected chi connectivity index (χ0v) is 19.1. The van der Waals surface area contributed by atoms with E-state index in [4.69, 9.17) is 14.2 Å². The highest BCUT2D eigenvalue weighted by molar-refractivity contribution is 6.09. The number of allylic oxidation sites excluding steroid dienone is 2. The molecule has 0 spiro atoms. The molecule has 3 rings (SSSR count). The molecule has 5 atom stereocenters. The summed E-state index contributed by atoms with van der Waals surface area (Å²) in [6, 6.07) is 0. The van der Waals surface area contributed by atoms with E-state index < -0.39 is 47.6 Å². The van der Waals surface area contributed by atoms with Gasteiger partial charge in [0.05, 0.1) is 11.8 Å². The van der Waals surface area contributed by atoms with Crippen LogP contribution in [-0.2, 0) is 33.4 Å². The van der Waals surface area contributed by atoms with Gasteiger partial charge in [0.2, 0.25) is 5.60 Å². The quantitative estimate of drug-likeness (QED) is 0.384. The van der Waals surface area contributed by atoms with Crippen LogP contribution in [0.2, 0.25) is 0 Å². The summed E-state index contributed by atoms with van der Waals surface area (Å²) in [5.74, 6) is -3.48. The molecule has 3 aliphatic rings. The van der Waals surface area contributed by atoms with Gasteiger partial charge < -0.3 is 14.2 Å². The van der Waals surface area contributed by atoms with Crippen LogP contribution in [0.25, 0.3) is 0 Å². The highest BCUT2D eigenvalue weighted by Gasteiger charge is 2.65. The monoisotopic (exact) mass is 430 g/mol. The molecule has 7 nitrogen and oxygen atoms in total. The molecule has 0 unspecified atom stereocenters. The third-order valence-corrected chi connectivity index (χ3v) is 6.56. The first-order valence-electron chi connectivity index (χ1n) is 10.6. The number of ketones is 1. The summed E-state index contributed by atoms with van der Waals surface area (Å²) in [5.41, 5.74) is 0.828. The largest absolute Gasteiger partial charge is 0.461 e. The van der Waals surface area contributed by atoms with Crippen LogP contribution in [0.1, 0.15) is 54.9 Å². The number of rotatable bonds is 4. The predicted octanol–water partition coefficient (Wildman–Crippen LogP) is 3.23. The van der Waals surface area contributed by atoms with Crippen LogP contribution in [0.5, 0.6) is 0 Å².